The molecule has 0 saturated carbocycles. The lowest BCUT2D eigenvalue weighted by Gasteiger charge is -2.44. The van der Waals surface area contributed by atoms with E-state index in [0.717, 1.165) is 13.0 Å². The highest BCUT2D eigenvalue weighted by Crippen LogP contribution is 2.59. The Morgan fingerprint density at radius 1 is 0.544 bits per heavy atom. The Bertz CT molecular complexity index is 1970. The molecular weight excluding hydrogens is 705 g/mol. The van der Waals surface area contributed by atoms with Gasteiger partial charge in [0.15, 0.2) is 0 Å². The van der Waals surface area contributed by atoms with Crippen molar-refractivity contribution in [1.82, 2.24) is 0 Å². The quantitative estimate of drug-likeness (QED) is 0.0970. The van der Waals surface area contributed by atoms with Crippen molar-refractivity contribution in [2.45, 2.75) is 168 Å². The van der Waals surface area contributed by atoms with E-state index in [1.807, 2.05) is 0 Å². The zero-order valence-electron chi connectivity index (χ0n) is 38.2. The molecule has 0 saturated heterocycles. The molecule has 6 rings (SSSR count). The molecule has 0 aliphatic heterocycles. The van der Waals surface area contributed by atoms with Crippen molar-refractivity contribution >= 4 is 31.4 Å². The van der Waals surface area contributed by atoms with Crippen LogP contribution in [0.3, 0.4) is 0 Å². The minimum atomic E-state index is -2.36. The molecule has 0 spiro atoms. The first-order valence-electron chi connectivity index (χ1n) is 22.3. The molecule has 2 aliphatic carbocycles. The van der Waals surface area contributed by atoms with Crippen molar-refractivity contribution < 1.29 is 4.74 Å². The zero-order chi connectivity index (χ0) is 41.5. The molecule has 2 atom stereocenters. The summed E-state index contributed by atoms with van der Waals surface area (Å²) < 4.78 is 6.16. The van der Waals surface area contributed by atoms with Crippen LogP contribution in [0.1, 0.15) is 194 Å². The summed E-state index contributed by atoms with van der Waals surface area (Å²) in [6, 6.07) is 35.1. The Balaban J connectivity index is 1.54. The first kappa shape index (κ1) is 43.1. The number of hydrogen-bond acceptors (Lipinski definition) is 1. The lowest BCUT2D eigenvalue weighted by atomic mass is 9.82. The van der Waals surface area contributed by atoms with Crippen molar-refractivity contribution in [1.29, 1.82) is 0 Å². The van der Waals surface area contributed by atoms with E-state index in [0.29, 0.717) is 22.9 Å². The number of allylic oxidation sites excluding steroid dienone is 2. The molecule has 0 heterocycles. The maximum absolute atomic E-state index is 6.16. The summed E-state index contributed by atoms with van der Waals surface area (Å²) in [5.41, 5.74) is 18.6. The summed E-state index contributed by atoms with van der Waals surface area (Å²) in [6.45, 7) is 33.8. The molecule has 4 aromatic rings. The molecule has 304 valence electrons. The number of unbranched alkanes of at least 4 members (excludes halogenated alkanes) is 3. The minimum Gasteiger partial charge on any atom is -0.376 e. The van der Waals surface area contributed by atoms with Crippen LogP contribution in [0.5, 0.6) is 0 Å². The van der Waals surface area contributed by atoms with Crippen LogP contribution in [0.15, 0.2) is 84.9 Å². The Morgan fingerprint density at radius 2 is 0.965 bits per heavy atom. The summed E-state index contributed by atoms with van der Waals surface area (Å²) in [4.78, 5) is 0. The van der Waals surface area contributed by atoms with Crippen LogP contribution in [0.2, 0.25) is 12.6 Å². The molecule has 0 radical (unpaired) electrons. The van der Waals surface area contributed by atoms with E-state index in [9.17, 15) is 0 Å². The van der Waals surface area contributed by atoms with Gasteiger partial charge in [-0.25, -0.2) is 0 Å². The van der Waals surface area contributed by atoms with E-state index in [1.54, 1.807) is 22.3 Å². The summed E-state index contributed by atoms with van der Waals surface area (Å²) in [6.07, 6.45) is 10.0. The molecule has 0 N–H and O–H groups in total. The van der Waals surface area contributed by atoms with Crippen LogP contribution < -0.4 is 0 Å². The monoisotopic (exact) mass is 779 g/mol. The van der Waals surface area contributed by atoms with Gasteiger partial charge in [-0.1, -0.05) is 198 Å². The molecule has 2 unspecified atom stereocenters. The first-order valence-corrected chi connectivity index (χ1v) is 25.1. The molecule has 0 aromatic heterocycles. The highest BCUT2D eigenvalue weighted by Gasteiger charge is 2.52. The second-order valence-corrected chi connectivity index (χ2v) is 26.0. The first-order chi connectivity index (χ1) is 26.7. The highest BCUT2D eigenvalue weighted by molar-refractivity contribution is 6.85. The van der Waals surface area contributed by atoms with Crippen LogP contribution in [-0.4, -0.2) is 20.3 Å². The molecule has 57 heavy (non-hydrogen) atoms. The Morgan fingerprint density at radius 3 is 1.37 bits per heavy atom. The number of hydrogen-bond donors (Lipinski definition) is 0. The predicted molar refractivity (Wildman–Crippen MR) is 253 cm³/mol. The van der Waals surface area contributed by atoms with E-state index < -0.39 is 8.07 Å². The summed E-state index contributed by atoms with van der Waals surface area (Å²) in [5.74, 6) is 0.849. The smallest absolute Gasteiger partial charge is 0.0761 e. The van der Waals surface area contributed by atoms with Crippen LogP contribution in [0.25, 0.3) is 23.3 Å². The van der Waals surface area contributed by atoms with Gasteiger partial charge in [0.05, 0.1) is 13.7 Å². The van der Waals surface area contributed by atoms with E-state index in [2.05, 4.69) is 194 Å². The van der Waals surface area contributed by atoms with Gasteiger partial charge in [-0.3, -0.25) is 0 Å². The highest BCUT2D eigenvalue weighted by atomic mass is 28.3. The average molecular weight is 779 g/mol. The number of rotatable bonds is 13. The largest absolute Gasteiger partial charge is 0.376 e. The molecule has 4 aromatic carbocycles. The Hall–Kier alpha value is -3.46. The van der Waals surface area contributed by atoms with Crippen LogP contribution in [0, 0.1) is 0 Å². The number of ether oxygens (including phenoxy) is 1. The van der Waals surface area contributed by atoms with Crippen molar-refractivity contribution in [2.75, 3.05) is 6.61 Å². The van der Waals surface area contributed by atoms with Crippen LogP contribution in [0.4, 0.5) is 0 Å². The summed E-state index contributed by atoms with van der Waals surface area (Å²) >= 11 is 0. The van der Waals surface area contributed by atoms with Gasteiger partial charge in [0, 0.05) is 17.7 Å². The SMILES string of the molecule is CC(C)c1cc(C(C)(C)C)ccc1C1=Cc2ccccc2C1[Si](C)(CCCCCCOC(C)(C)C)C1C(c2ccc(C(C)(C)C)cc2C(C)C)=Cc2ccccc21. The Labute approximate surface area is 349 Å². The van der Waals surface area contributed by atoms with Gasteiger partial charge in [0.2, 0.25) is 0 Å². The molecule has 2 heteroatoms. The van der Waals surface area contributed by atoms with Crippen molar-refractivity contribution in [3.8, 4) is 0 Å². The zero-order valence-corrected chi connectivity index (χ0v) is 39.2. The predicted octanol–water partition coefficient (Wildman–Crippen LogP) is 16.0. The van der Waals surface area contributed by atoms with Crippen LogP contribution in [-0.2, 0) is 15.6 Å². The van der Waals surface area contributed by atoms with E-state index in [1.165, 1.54) is 69.8 Å². The molecule has 0 amide bonds. The second-order valence-electron chi connectivity index (χ2n) is 21.4. The maximum Gasteiger partial charge on any atom is 0.0761 e. The molecule has 0 fully saturated rings. The topological polar surface area (TPSA) is 9.23 Å². The van der Waals surface area contributed by atoms with Gasteiger partial charge < -0.3 is 4.74 Å². The van der Waals surface area contributed by atoms with Gasteiger partial charge >= 0.3 is 0 Å². The van der Waals surface area contributed by atoms with Gasteiger partial charge in [-0.2, -0.15) is 0 Å². The third-order valence-corrected chi connectivity index (χ3v) is 18.3. The van der Waals surface area contributed by atoms with Crippen molar-refractivity contribution in [3.63, 3.8) is 0 Å². The third-order valence-electron chi connectivity index (χ3n) is 13.0. The van der Waals surface area contributed by atoms with E-state index in [4.69, 9.17) is 4.74 Å². The molecular formula is C55H74OSi. The summed E-state index contributed by atoms with van der Waals surface area (Å²) in [7, 11) is -2.36. The fourth-order valence-electron chi connectivity index (χ4n) is 9.87. The second kappa shape index (κ2) is 16.7. The lowest BCUT2D eigenvalue weighted by Crippen LogP contribution is -2.45. The lowest BCUT2D eigenvalue weighted by molar-refractivity contribution is -0.00471. The summed E-state index contributed by atoms with van der Waals surface area (Å²) in [5, 5.41) is 0. The minimum absolute atomic E-state index is 0.0808. The fourth-order valence-corrected chi connectivity index (χ4v) is 15.6. The number of benzene rings is 4. The van der Waals surface area contributed by atoms with Gasteiger partial charge in [-0.05, 0) is 117 Å². The maximum atomic E-state index is 6.16. The standard InChI is InChI=1S/C55H74OSi/c1-37(2)47-35-41(53(5,6)7)27-29-45(47)49-33-39-23-17-19-25-43(39)51(49)57(14,32-22-16-15-21-31-56-55(11,12)13)52-44-26-20-18-24-40(44)34-50(52)46-30-28-42(54(8,9)10)36-48(46)38(3)4/h17-20,23-30,33-38,51-52H,15-16,21-22,31-32H2,1-14H3. The van der Waals surface area contributed by atoms with E-state index in [-0.39, 0.29) is 16.4 Å². The third kappa shape index (κ3) is 9.24. The van der Waals surface area contributed by atoms with E-state index >= 15 is 0 Å². The fraction of sp³-hybridized carbons (Fsp3) is 0.491. The van der Waals surface area contributed by atoms with Crippen molar-refractivity contribution in [3.05, 3.63) is 141 Å². The number of fused-ring (bicyclic) bond motifs is 2. The van der Waals surface area contributed by atoms with Crippen molar-refractivity contribution in [2.24, 2.45) is 0 Å². The molecule has 0 bridgehead atoms. The Kier molecular flexibility index (Phi) is 12.6. The van der Waals surface area contributed by atoms with Gasteiger partial charge in [-0.15, -0.1) is 0 Å². The van der Waals surface area contributed by atoms with Gasteiger partial charge in [0.25, 0.3) is 0 Å². The average Bonchev–Trinajstić information content (AvgIpc) is 3.73. The van der Waals surface area contributed by atoms with Gasteiger partial charge in [0.1, 0.15) is 0 Å². The molecule has 2 aliphatic rings. The van der Waals surface area contributed by atoms with Crippen LogP contribution >= 0.6 is 0 Å². The molecule has 1 nitrogen and oxygen atoms in total. The normalized spacial score (nSPS) is 18.1.